The van der Waals surface area contributed by atoms with Crippen LogP contribution in [-0.2, 0) is 16.4 Å². The van der Waals surface area contributed by atoms with Crippen molar-refractivity contribution in [3.63, 3.8) is 0 Å². The molecule has 3 aromatic rings. The second-order valence-corrected chi connectivity index (χ2v) is 10.3. The molecule has 0 amide bonds. The Morgan fingerprint density at radius 3 is 2.72 bits per heavy atom. The van der Waals surface area contributed by atoms with Crippen LogP contribution >= 0.6 is 38.9 Å². The molecule has 0 fully saturated rings. The number of sulfonamides is 1. The van der Waals surface area contributed by atoms with Crippen LogP contribution in [0.5, 0.6) is 0 Å². The van der Waals surface area contributed by atoms with Gasteiger partial charge in [-0.1, -0.05) is 28.9 Å². The Kier molecular flexibility index (Phi) is 5.59. The Morgan fingerprint density at radius 2 is 2.04 bits per heavy atom. The zero-order valence-electron chi connectivity index (χ0n) is 13.0. The third-order valence-electron chi connectivity index (χ3n) is 3.44. The number of thiophene rings is 1. The summed E-state index contributed by atoms with van der Waals surface area (Å²) in [6, 6.07) is 10.4. The maximum Gasteiger partial charge on any atom is 0.259 e. The lowest BCUT2D eigenvalue weighted by Gasteiger charge is -2.14. The van der Waals surface area contributed by atoms with E-state index in [1.165, 1.54) is 22.7 Å². The molecule has 0 saturated carbocycles. The van der Waals surface area contributed by atoms with Crippen molar-refractivity contribution in [3.8, 4) is 11.5 Å². The molecule has 0 saturated heterocycles. The van der Waals surface area contributed by atoms with E-state index in [1.807, 2.05) is 12.1 Å². The van der Waals surface area contributed by atoms with E-state index in [2.05, 4.69) is 26.1 Å². The summed E-state index contributed by atoms with van der Waals surface area (Å²) in [6.45, 7) is 0.235. The van der Waals surface area contributed by atoms with Gasteiger partial charge in [0.05, 0.1) is 14.4 Å². The predicted octanol–water partition coefficient (Wildman–Crippen LogP) is 4.08. The fourth-order valence-electron chi connectivity index (χ4n) is 2.07. The van der Waals surface area contributed by atoms with Crippen LogP contribution in [0.3, 0.4) is 0 Å². The van der Waals surface area contributed by atoms with Gasteiger partial charge in [0.25, 0.3) is 15.9 Å². The van der Waals surface area contributed by atoms with E-state index < -0.39 is 10.0 Å². The van der Waals surface area contributed by atoms with Gasteiger partial charge in [-0.3, -0.25) is 0 Å². The highest BCUT2D eigenvalue weighted by Gasteiger charge is 2.23. The van der Waals surface area contributed by atoms with E-state index in [9.17, 15) is 8.42 Å². The van der Waals surface area contributed by atoms with Crippen molar-refractivity contribution >= 4 is 48.9 Å². The quantitative estimate of drug-likeness (QED) is 0.552. The first-order valence-electron chi connectivity index (χ1n) is 7.17. The molecule has 0 N–H and O–H groups in total. The summed E-state index contributed by atoms with van der Waals surface area (Å²) < 4.78 is 32.5. The van der Waals surface area contributed by atoms with Crippen LogP contribution in [0.2, 0.25) is 5.02 Å². The lowest BCUT2D eigenvalue weighted by Crippen LogP contribution is -2.28. The molecule has 0 aliphatic rings. The summed E-state index contributed by atoms with van der Waals surface area (Å²) in [6.07, 6.45) is 0.330. The molecule has 2 heterocycles. The van der Waals surface area contributed by atoms with Crippen LogP contribution in [0.1, 0.15) is 5.82 Å². The molecule has 25 heavy (non-hydrogen) atoms. The molecule has 0 atom stereocenters. The first kappa shape index (κ1) is 18.5. The van der Waals surface area contributed by atoms with Gasteiger partial charge in [0.1, 0.15) is 4.21 Å². The van der Waals surface area contributed by atoms with E-state index >= 15 is 0 Å². The summed E-state index contributed by atoms with van der Waals surface area (Å²) in [7, 11) is -2.00. The van der Waals surface area contributed by atoms with Crippen LogP contribution in [0.15, 0.2) is 48.9 Å². The molecule has 0 aliphatic carbocycles. The summed E-state index contributed by atoms with van der Waals surface area (Å²) in [5.41, 5.74) is 0.646. The van der Waals surface area contributed by atoms with E-state index in [-0.39, 0.29) is 10.8 Å². The Hall–Kier alpha value is -1.26. The first-order chi connectivity index (χ1) is 11.9. The van der Waals surface area contributed by atoms with Crippen molar-refractivity contribution in [3.05, 3.63) is 51.0 Å². The molecule has 6 nitrogen and oxygen atoms in total. The highest BCUT2D eigenvalue weighted by atomic mass is 79.9. The van der Waals surface area contributed by atoms with Gasteiger partial charge in [0.2, 0.25) is 0 Å². The SMILES string of the molecule is CN(CCc1noc(-c2ccccc2Cl)n1)S(=O)(=O)c1ccc(Br)s1. The van der Waals surface area contributed by atoms with Crippen LogP contribution in [0, 0.1) is 0 Å². The zero-order valence-corrected chi connectivity index (χ0v) is 17.0. The van der Waals surface area contributed by atoms with E-state index in [0.717, 1.165) is 3.79 Å². The van der Waals surface area contributed by atoms with Gasteiger partial charge in [0.15, 0.2) is 5.82 Å². The van der Waals surface area contributed by atoms with E-state index in [1.54, 1.807) is 24.3 Å². The summed E-state index contributed by atoms with van der Waals surface area (Å²) in [5.74, 6) is 0.734. The second-order valence-electron chi connectivity index (χ2n) is 5.13. The molecular formula is C15H13BrClN3O3S2. The van der Waals surface area contributed by atoms with Gasteiger partial charge in [-0.05, 0) is 40.2 Å². The molecule has 0 spiro atoms. The number of nitrogens with zero attached hydrogens (tertiary/aromatic N) is 3. The average Bonchev–Trinajstić information content (AvgIpc) is 3.22. The number of hydrogen-bond donors (Lipinski definition) is 0. The number of likely N-dealkylation sites (N-methyl/N-ethyl adjacent to an activating group) is 1. The lowest BCUT2D eigenvalue weighted by atomic mass is 10.2. The molecule has 132 valence electrons. The highest BCUT2D eigenvalue weighted by Crippen LogP contribution is 2.28. The topological polar surface area (TPSA) is 76.3 Å². The van der Waals surface area contributed by atoms with Crippen molar-refractivity contribution in [2.75, 3.05) is 13.6 Å². The monoisotopic (exact) mass is 461 g/mol. The number of rotatable bonds is 6. The molecule has 1 aromatic carbocycles. The maximum atomic E-state index is 12.5. The molecule has 3 rings (SSSR count). The minimum absolute atomic E-state index is 0.235. The predicted molar refractivity (Wildman–Crippen MR) is 100 cm³/mol. The zero-order chi connectivity index (χ0) is 18.0. The van der Waals surface area contributed by atoms with Crippen LogP contribution in [-0.4, -0.2) is 36.5 Å². The normalized spacial score (nSPS) is 12.0. The Labute approximate surface area is 162 Å². The number of benzene rings is 1. The Balaban J connectivity index is 1.69. The number of aromatic nitrogens is 2. The van der Waals surface area contributed by atoms with Crippen LogP contribution in [0.25, 0.3) is 11.5 Å². The molecule has 10 heteroatoms. The fourth-order valence-corrected chi connectivity index (χ4v) is 5.68. The average molecular weight is 463 g/mol. The van der Waals surface area contributed by atoms with Gasteiger partial charge in [-0.2, -0.15) is 9.29 Å². The standard InChI is InChI=1S/C15H13BrClN3O3S2/c1-20(25(21,22)14-7-6-12(16)24-14)9-8-13-18-15(23-19-13)10-4-2-3-5-11(10)17/h2-7H,8-9H2,1H3. The van der Waals surface area contributed by atoms with Gasteiger partial charge < -0.3 is 4.52 Å². The van der Waals surface area contributed by atoms with E-state index in [4.69, 9.17) is 16.1 Å². The van der Waals surface area contributed by atoms with Crippen molar-refractivity contribution in [2.45, 2.75) is 10.6 Å². The maximum absolute atomic E-state index is 12.5. The van der Waals surface area contributed by atoms with Crippen molar-refractivity contribution in [1.29, 1.82) is 0 Å². The summed E-state index contributed by atoms with van der Waals surface area (Å²) >= 11 is 10.6. The Bertz CT molecular complexity index is 987. The molecule has 0 unspecified atom stereocenters. The smallest absolute Gasteiger partial charge is 0.259 e. The first-order valence-corrected chi connectivity index (χ1v) is 10.6. The molecule has 2 aromatic heterocycles. The number of halogens is 2. The molecule has 0 bridgehead atoms. The molecule has 0 radical (unpaired) electrons. The molecular weight excluding hydrogens is 450 g/mol. The lowest BCUT2D eigenvalue weighted by molar-refractivity contribution is 0.415. The van der Waals surface area contributed by atoms with E-state index in [0.29, 0.717) is 28.7 Å². The highest BCUT2D eigenvalue weighted by molar-refractivity contribution is 9.11. The number of hydrogen-bond acceptors (Lipinski definition) is 6. The van der Waals surface area contributed by atoms with Gasteiger partial charge in [-0.15, -0.1) is 11.3 Å². The largest absolute Gasteiger partial charge is 0.334 e. The minimum Gasteiger partial charge on any atom is -0.334 e. The van der Waals surface area contributed by atoms with Crippen molar-refractivity contribution in [1.82, 2.24) is 14.4 Å². The summed E-state index contributed by atoms with van der Waals surface area (Å²) in [4.78, 5) is 4.28. The molecule has 0 aliphatic heterocycles. The second kappa shape index (κ2) is 7.55. The van der Waals surface area contributed by atoms with Gasteiger partial charge in [-0.25, -0.2) is 8.42 Å². The third kappa shape index (κ3) is 4.12. The van der Waals surface area contributed by atoms with Crippen molar-refractivity contribution in [2.24, 2.45) is 0 Å². The minimum atomic E-state index is -3.53. The third-order valence-corrected chi connectivity index (χ3v) is 7.71. The fraction of sp³-hybridized carbons (Fsp3) is 0.200. The van der Waals surface area contributed by atoms with Gasteiger partial charge >= 0.3 is 0 Å². The van der Waals surface area contributed by atoms with Crippen molar-refractivity contribution < 1.29 is 12.9 Å². The Morgan fingerprint density at radius 1 is 1.28 bits per heavy atom. The summed E-state index contributed by atoms with van der Waals surface area (Å²) in [5, 5.41) is 4.41. The van der Waals surface area contributed by atoms with Gasteiger partial charge in [0, 0.05) is 20.0 Å². The van der Waals surface area contributed by atoms with Crippen LogP contribution in [0.4, 0.5) is 0 Å². The van der Waals surface area contributed by atoms with Crippen LogP contribution < -0.4 is 0 Å².